The molecular formula is C5H10N2. The summed E-state index contributed by atoms with van der Waals surface area (Å²) in [6, 6.07) is 0. The lowest BCUT2D eigenvalue weighted by Gasteiger charge is -1.98. The number of nitrogens with zero attached hydrogens (tertiary/aromatic N) is 2. The van der Waals surface area contributed by atoms with Gasteiger partial charge in [-0.05, 0) is 12.8 Å². The van der Waals surface area contributed by atoms with E-state index in [-0.39, 0.29) is 5.66 Å². The molecule has 1 aliphatic rings. The molecule has 0 atom stereocenters. The summed E-state index contributed by atoms with van der Waals surface area (Å²) < 4.78 is 0. The molecule has 0 spiro atoms. The van der Waals surface area contributed by atoms with Crippen molar-refractivity contribution in [3.63, 3.8) is 0 Å². The Labute approximate surface area is 43.6 Å². The van der Waals surface area contributed by atoms with Crippen LogP contribution in [0.25, 0.3) is 0 Å². The zero-order chi connectivity index (χ0) is 5.33. The van der Waals surface area contributed by atoms with Gasteiger partial charge >= 0.3 is 0 Å². The molecule has 0 fully saturated rings. The molecule has 40 valence electrons. The summed E-state index contributed by atoms with van der Waals surface area (Å²) >= 11 is 0. The van der Waals surface area contributed by atoms with Gasteiger partial charge in [0.05, 0.1) is 0 Å². The highest BCUT2D eigenvalue weighted by atomic mass is 15.4. The molecular weight excluding hydrogens is 88.1 g/mol. The van der Waals surface area contributed by atoms with E-state index in [1.54, 1.807) is 0 Å². The van der Waals surface area contributed by atoms with Gasteiger partial charge in [0.2, 0.25) is 0 Å². The molecule has 0 aromatic heterocycles. The first-order chi connectivity index (χ1) is 3.33. The fraction of sp³-hybridized carbons (Fsp3) is 1.00. The number of hydrogen-bond donors (Lipinski definition) is 0. The Kier molecular flexibility index (Phi) is 0.873. The molecule has 0 aromatic rings. The monoisotopic (exact) mass is 98.1 g/mol. The topological polar surface area (TPSA) is 24.7 Å². The smallest absolute Gasteiger partial charge is 0.159 e. The lowest BCUT2D eigenvalue weighted by molar-refractivity contribution is 0.559. The van der Waals surface area contributed by atoms with E-state index in [9.17, 15) is 0 Å². The highest BCUT2D eigenvalue weighted by Gasteiger charge is 2.34. The molecule has 1 rings (SSSR count). The molecule has 2 heteroatoms. The molecule has 0 unspecified atom stereocenters. The van der Waals surface area contributed by atoms with Crippen LogP contribution in [-0.2, 0) is 0 Å². The predicted molar refractivity (Wildman–Crippen MR) is 28.2 cm³/mol. The van der Waals surface area contributed by atoms with E-state index in [2.05, 4.69) is 24.1 Å². The largest absolute Gasteiger partial charge is 0.190 e. The highest BCUT2D eigenvalue weighted by molar-refractivity contribution is 4.89. The Morgan fingerprint density at radius 1 is 1.14 bits per heavy atom. The van der Waals surface area contributed by atoms with Crippen LogP contribution >= 0.6 is 0 Å². The van der Waals surface area contributed by atoms with Gasteiger partial charge in [0.15, 0.2) is 5.66 Å². The molecule has 1 aliphatic heterocycles. The van der Waals surface area contributed by atoms with E-state index < -0.39 is 0 Å². The minimum absolute atomic E-state index is 0.0833. The quantitative estimate of drug-likeness (QED) is 0.504. The molecule has 0 aromatic carbocycles. The van der Waals surface area contributed by atoms with Crippen LogP contribution in [0.1, 0.15) is 26.7 Å². The van der Waals surface area contributed by atoms with Crippen LogP contribution in [0.3, 0.4) is 0 Å². The van der Waals surface area contributed by atoms with Crippen LogP contribution in [-0.4, -0.2) is 5.66 Å². The Balaban J connectivity index is 2.31. The van der Waals surface area contributed by atoms with Gasteiger partial charge in [-0.1, -0.05) is 13.8 Å². The van der Waals surface area contributed by atoms with Gasteiger partial charge in [-0.2, -0.15) is 10.2 Å². The zero-order valence-electron chi connectivity index (χ0n) is 4.81. The SMILES string of the molecule is CCC1(CC)N=N1. The van der Waals surface area contributed by atoms with Crippen LogP contribution in [0.4, 0.5) is 0 Å². The minimum atomic E-state index is 0.0833. The van der Waals surface area contributed by atoms with Gasteiger partial charge in [0.25, 0.3) is 0 Å². The summed E-state index contributed by atoms with van der Waals surface area (Å²) in [6.07, 6.45) is 2.15. The fourth-order valence-corrected chi connectivity index (χ4v) is 0.604. The van der Waals surface area contributed by atoms with E-state index in [0.29, 0.717) is 0 Å². The van der Waals surface area contributed by atoms with Crippen LogP contribution in [0, 0.1) is 0 Å². The maximum atomic E-state index is 3.90. The van der Waals surface area contributed by atoms with E-state index in [0.717, 1.165) is 12.8 Å². The van der Waals surface area contributed by atoms with E-state index in [4.69, 9.17) is 0 Å². The molecule has 0 amide bonds. The first-order valence-corrected chi connectivity index (χ1v) is 2.77. The summed E-state index contributed by atoms with van der Waals surface area (Å²) in [5.41, 5.74) is 0.0833. The van der Waals surface area contributed by atoms with Crippen molar-refractivity contribution in [2.75, 3.05) is 0 Å². The molecule has 2 nitrogen and oxygen atoms in total. The Hall–Kier alpha value is -0.400. The Bertz CT molecular complexity index is 84.3. The van der Waals surface area contributed by atoms with Crippen molar-refractivity contribution in [2.24, 2.45) is 10.2 Å². The lowest BCUT2D eigenvalue weighted by atomic mass is 10.1. The molecule has 0 saturated carbocycles. The third-order valence-electron chi connectivity index (χ3n) is 1.52. The maximum Gasteiger partial charge on any atom is 0.190 e. The maximum absolute atomic E-state index is 3.90. The Morgan fingerprint density at radius 3 is 1.57 bits per heavy atom. The summed E-state index contributed by atoms with van der Waals surface area (Å²) in [5, 5.41) is 7.79. The second-order valence-electron chi connectivity index (χ2n) is 1.89. The molecule has 0 aliphatic carbocycles. The van der Waals surface area contributed by atoms with Gasteiger partial charge < -0.3 is 0 Å². The molecule has 7 heavy (non-hydrogen) atoms. The van der Waals surface area contributed by atoms with E-state index in [1.165, 1.54) is 0 Å². The van der Waals surface area contributed by atoms with Crippen LogP contribution in [0.5, 0.6) is 0 Å². The van der Waals surface area contributed by atoms with Gasteiger partial charge in [-0.3, -0.25) is 0 Å². The van der Waals surface area contributed by atoms with Crippen molar-refractivity contribution in [3.05, 3.63) is 0 Å². The fourth-order valence-electron chi connectivity index (χ4n) is 0.604. The summed E-state index contributed by atoms with van der Waals surface area (Å²) in [4.78, 5) is 0. The first-order valence-electron chi connectivity index (χ1n) is 2.77. The Morgan fingerprint density at radius 2 is 1.57 bits per heavy atom. The number of rotatable bonds is 2. The predicted octanol–water partition coefficient (Wildman–Crippen LogP) is 1.97. The van der Waals surface area contributed by atoms with Gasteiger partial charge in [-0.25, -0.2) is 0 Å². The van der Waals surface area contributed by atoms with Gasteiger partial charge in [0, 0.05) is 0 Å². The van der Waals surface area contributed by atoms with Crippen molar-refractivity contribution in [2.45, 2.75) is 32.4 Å². The van der Waals surface area contributed by atoms with Crippen molar-refractivity contribution < 1.29 is 0 Å². The standard InChI is InChI=1S/C5H10N2/c1-3-5(4-2)6-7-5/h3-4H2,1-2H3. The van der Waals surface area contributed by atoms with Crippen LogP contribution in [0.2, 0.25) is 0 Å². The summed E-state index contributed by atoms with van der Waals surface area (Å²) in [5.74, 6) is 0. The molecule has 1 heterocycles. The molecule has 0 saturated heterocycles. The van der Waals surface area contributed by atoms with Crippen molar-refractivity contribution in [3.8, 4) is 0 Å². The third kappa shape index (κ3) is 0.646. The highest BCUT2D eigenvalue weighted by Crippen LogP contribution is 2.34. The summed E-state index contributed by atoms with van der Waals surface area (Å²) in [6.45, 7) is 4.23. The second-order valence-corrected chi connectivity index (χ2v) is 1.89. The molecule has 0 radical (unpaired) electrons. The normalized spacial score (nSPS) is 22.6. The molecule has 0 N–H and O–H groups in total. The third-order valence-corrected chi connectivity index (χ3v) is 1.52. The average Bonchev–Trinajstić information content (AvgIpc) is 2.46. The van der Waals surface area contributed by atoms with Gasteiger partial charge in [-0.15, -0.1) is 0 Å². The number of hydrogen-bond acceptors (Lipinski definition) is 2. The molecule has 0 bridgehead atoms. The summed E-state index contributed by atoms with van der Waals surface area (Å²) in [7, 11) is 0. The second kappa shape index (κ2) is 1.29. The zero-order valence-corrected chi connectivity index (χ0v) is 4.81. The van der Waals surface area contributed by atoms with Crippen molar-refractivity contribution >= 4 is 0 Å². The first kappa shape index (κ1) is 4.75. The van der Waals surface area contributed by atoms with Gasteiger partial charge in [0.1, 0.15) is 0 Å². The van der Waals surface area contributed by atoms with Crippen LogP contribution in [0.15, 0.2) is 10.2 Å². The van der Waals surface area contributed by atoms with E-state index in [1.807, 2.05) is 0 Å². The lowest BCUT2D eigenvalue weighted by Crippen LogP contribution is -2.04. The minimum Gasteiger partial charge on any atom is -0.159 e. The average molecular weight is 98.1 g/mol. The van der Waals surface area contributed by atoms with E-state index >= 15 is 0 Å². The van der Waals surface area contributed by atoms with Crippen molar-refractivity contribution in [1.82, 2.24) is 0 Å². The van der Waals surface area contributed by atoms with Crippen LogP contribution < -0.4 is 0 Å². The van der Waals surface area contributed by atoms with Crippen molar-refractivity contribution in [1.29, 1.82) is 0 Å².